The van der Waals surface area contributed by atoms with Crippen LogP contribution in [0.25, 0.3) is 10.9 Å². The maximum atomic E-state index is 11.3. The van der Waals surface area contributed by atoms with Crippen LogP contribution >= 0.6 is 0 Å². The number of rotatable bonds is 6. The number of hydrogen-bond acceptors (Lipinski definition) is 2. The maximum Gasteiger partial charge on any atom is 0.228 e. The molecule has 0 aliphatic carbocycles. The first-order chi connectivity index (χ1) is 10.8. The lowest BCUT2D eigenvalue weighted by atomic mass is 10.1. The number of benzene rings is 2. The summed E-state index contributed by atoms with van der Waals surface area (Å²) in [5.74, 6) is 0. The number of nitrogens with one attached hydrogen (secondary N) is 2. The van der Waals surface area contributed by atoms with Crippen molar-refractivity contribution in [3.05, 3.63) is 65.9 Å². The number of amides is 1. The molecule has 0 unspecified atom stereocenters. The van der Waals surface area contributed by atoms with E-state index in [0.29, 0.717) is 6.54 Å². The predicted molar refractivity (Wildman–Crippen MR) is 89.6 cm³/mol. The SMILES string of the molecule is Cc1ccccc1NN(C=O)CCc1c[nH]c2ccccc12. The molecular weight excluding hydrogens is 274 g/mol. The van der Waals surface area contributed by atoms with Crippen LogP contribution in [0.1, 0.15) is 11.1 Å². The first-order valence-electron chi connectivity index (χ1n) is 7.37. The fourth-order valence-corrected chi connectivity index (χ4v) is 2.57. The number of hydrogen-bond donors (Lipinski definition) is 2. The molecule has 0 atom stereocenters. The van der Waals surface area contributed by atoms with Crippen LogP contribution in [0.2, 0.25) is 0 Å². The first kappa shape index (κ1) is 14.2. The van der Waals surface area contributed by atoms with Crippen molar-refractivity contribution in [3.63, 3.8) is 0 Å². The van der Waals surface area contributed by atoms with Gasteiger partial charge in [0.05, 0.1) is 5.69 Å². The van der Waals surface area contributed by atoms with E-state index in [9.17, 15) is 4.79 Å². The minimum absolute atomic E-state index is 0.611. The molecule has 3 rings (SSSR count). The summed E-state index contributed by atoms with van der Waals surface area (Å²) in [6, 6.07) is 16.1. The molecule has 4 heteroatoms. The number of para-hydroxylation sites is 2. The van der Waals surface area contributed by atoms with Crippen LogP contribution < -0.4 is 5.43 Å². The zero-order chi connectivity index (χ0) is 15.4. The van der Waals surface area contributed by atoms with Crippen molar-refractivity contribution in [2.75, 3.05) is 12.0 Å². The molecule has 3 aromatic rings. The van der Waals surface area contributed by atoms with E-state index in [4.69, 9.17) is 0 Å². The van der Waals surface area contributed by atoms with E-state index in [0.717, 1.165) is 29.6 Å². The third-order valence-corrected chi connectivity index (χ3v) is 3.83. The Morgan fingerprint density at radius 3 is 2.73 bits per heavy atom. The van der Waals surface area contributed by atoms with E-state index in [-0.39, 0.29) is 0 Å². The summed E-state index contributed by atoms with van der Waals surface area (Å²) in [4.78, 5) is 14.6. The van der Waals surface area contributed by atoms with E-state index in [2.05, 4.69) is 22.5 Å². The third-order valence-electron chi connectivity index (χ3n) is 3.83. The number of aromatic nitrogens is 1. The molecule has 1 amide bonds. The Bertz CT molecular complexity index is 779. The molecular formula is C18H19N3O. The second kappa shape index (κ2) is 6.35. The van der Waals surface area contributed by atoms with E-state index < -0.39 is 0 Å². The Morgan fingerprint density at radius 2 is 1.91 bits per heavy atom. The summed E-state index contributed by atoms with van der Waals surface area (Å²) in [6.45, 7) is 2.63. The first-order valence-corrected chi connectivity index (χ1v) is 7.37. The lowest BCUT2D eigenvalue weighted by Crippen LogP contribution is -2.30. The zero-order valence-electron chi connectivity index (χ0n) is 12.5. The molecule has 2 N–H and O–H groups in total. The largest absolute Gasteiger partial charge is 0.361 e. The second-order valence-corrected chi connectivity index (χ2v) is 5.34. The Hall–Kier alpha value is -2.75. The third kappa shape index (κ3) is 2.96. The lowest BCUT2D eigenvalue weighted by molar-refractivity contribution is -0.117. The number of aryl methyl sites for hydroxylation is 1. The quantitative estimate of drug-likeness (QED) is 0.540. The summed E-state index contributed by atoms with van der Waals surface area (Å²) in [6.07, 6.45) is 3.64. The van der Waals surface area contributed by atoms with Crippen LogP contribution in [0.15, 0.2) is 54.7 Å². The monoisotopic (exact) mass is 293 g/mol. The van der Waals surface area contributed by atoms with E-state index in [1.807, 2.05) is 49.5 Å². The minimum Gasteiger partial charge on any atom is -0.361 e. The van der Waals surface area contributed by atoms with Gasteiger partial charge in [-0.1, -0.05) is 36.4 Å². The zero-order valence-corrected chi connectivity index (χ0v) is 12.5. The highest BCUT2D eigenvalue weighted by Gasteiger charge is 2.07. The van der Waals surface area contributed by atoms with Crippen molar-refractivity contribution in [1.82, 2.24) is 9.99 Å². The number of fused-ring (bicyclic) bond motifs is 1. The molecule has 1 aromatic heterocycles. The average molecular weight is 293 g/mol. The van der Waals surface area contributed by atoms with Crippen LogP contribution in [-0.2, 0) is 11.2 Å². The highest BCUT2D eigenvalue weighted by molar-refractivity contribution is 5.83. The van der Waals surface area contributed by atoms with Gasteiger partial charge in [0, 0.05) is 23.6 Å². The normalized spacial score (nSPS) is 10.6. The summed E-state index contributed by atoms with van der Waals surface area (Å²) in [5, 5.41) is 2.80. The van der Waals surface area contributed by atoms with Crippen LogP contribution in [0, 0.1) is 6.92 Å². The molecule has 0 fully saturated rings. The standard InChI is InChI=1S/C18H19N3O/c1-14-6-2-4-8-17(14)20-21(13-22)11-10-15-12-19-18-9-5-3-7-16(15)18/h2-9,12-13,19-20H,10-11H2,1H3. The van der Waals surface area contributed by atoms with Gasteiger partial charge in [-0.3, -0.25) is 15.2 Å². The molecule has 0 saturated carbocycles. The maximum absolute atomic E-state index is 11.3. The fraction of sp³-hybridized carbons (Fsp3) is 0.167. The molecule has 0 bridgehead atoms. The second-order valence-electron chi connectivity index (χ2n) is 5.34. The van der Waals surface area contributed by atoms with E-state index in [1.54, 1.807) is 5.01 Å². The Balaban J connectivity index is 1.69. The van der Waals surface area contributed by atoms with Crippen molar-refractivity contribution in [2.24, 2.45) is 0 Å². The molecule has 112 valence electrons. The predicted octanol–water partition coefficient (Wildman–Crippen LogP) is 3.50. The van der Waals surface area contributed by atoms with Gasteiger partial charge in [0.15, 0.2) is 0 Å². The van der Waals surface area contributed by atoms with Gasteiger partial charge in [-0.2, -0.15) is 0 Å². The van der Waals surface area contributed by atoms with Gasteiger partial charge < -0.3 is 4.98 Å². The van der Waals surface area contributed by atoms with E-state index in [1.165, 1.54) is 10.9 Å². The van der Waals surface area contributed by atoms with Gasteiger partial charge >= 0.3 is 0 Å². The number of carbonyl (C=O) groups excluding carboxylic acids is 1. The van der Waals surface area contributed by atoms with Crippen LogP contribution in [0.3, 0.4) is 0 Å². The van der Waals surface area contributed by atoms with Crippen LogP contribution in [-0.4, -0.2) is 22.9 Å². The van der Waals surface area contributed by atoms with Crippen molar-refractivity contribution in [1.29, 1.82) is 0 Å². The Morgan fingerprint density at radius 1 is 1.14 bits per heavy atom. The van der Waals surface area contributed by atoms with Crippen molar-refractivity contribution in [3.8, 4) is 0 Å². The van der Waals surface area contributed by atoms with Gasteiger partial charge in [0.25, 0.3) is 0 Å². The van der Waals surface area contributed by atoms with Gasteiger partial charge in [-0.15, -0.1) is 0 Å². The lowest BCUT2D eigenvalue weighted by Gasteiger charge is -2.20. The van der Waals surface area contributed by atoms with Crippen molar-refractivity contribution < 1.29 is 4.79 Å². The summed E-state index contributed by atoms with van der Waals surface area (Å²) >= 11 is 0. The number of H-pyrrole nitrogens is 1. The van der Waals surface area contributed by atoms with Crippen LogP contribution in [0.4, 0.5) is 5.69 Å². The highest BCUT2D eigenvalue weighted by atomic mass is 16.1. The molecule has 0 spiro atoms. The minimum atomic E-state index is 0.611. The molecule has 1 heterocycles. The Labute approximate surface area is 129 Å². The van der Waals surface area contributed by atoms with Gasteiger partial charge in [0.1, 0.15) is 0 Å². The number of hydrazine groups is 1. The van der Waals surface area contributed by atoms with Gasteiger partial charge in [-0.25, -0.2) is 0 Å². The summed E-state index contributed by atoms with van der Waals surface area (Å²) < 4.78 is 0. The van der Waals surface area contributed by atoms with Crippen molar-refractivity contribution in [2.45, 2.75) is 13.3 Å². The number of anilines is 1. The molecule has 0 radical (unpaired) electrons. The number of aromatic amines is 1. The molecule has 0 saturated heterocycles. The van der Waals surface area contributed by atoms with Gasteiger partial charge in [0.2, 0.25) is 6.41 Å². The molecule has 2 aromatic carbocycles. The summed E-state index contributed by atoms with van der Waals surface area (Å²) in [5.41, 5.74) is 7.57. The Kier molecular flexibility index (Phi) is 4.10. The van der Waals surface area contributed by atoms with Crippen LogP contribution in [0.5, 0.6) is 0 Å². The highest BCUT2D eigenvalue weighted by Crippen LogP contribution is 2.19. The fourth-order valence-electron chi connectivity index (χ4n) is 2.57. The summed E-state index contributed by atoms with van der Waals surface area (Å²) in [7, 11) is 0. The molecule has 22 heavy (non-hydrogen) atoms. The number of nitrogens with zero attached hydrogens (tertiary/aromatic N) is 1. The molecule has 0 aliphatic rings. The van der Waals surface area contributed by atoms with E-state index >= 15 is 0 Å². The average Bonchev–Trinajstić information content (AvgIpc) is 2.96. The van der Waals surface area contributed by atoms with Gasteiger partial charge in [-0.05, 0) is 36.6 Å². The smallest absolute Gasteiger partial charge is 0.228 e. The topological polar surface area (TPSA) is 48.1 Å². The molecule has 4 nitrogen and oxygen atoms in total. The van der Waals surface area contributed by atoms with Crippen molar-refractivity contribution >= 4 is 23.0 Å². The molecule has 0 aliphatic heterocycles. The number of carbonyl (C=O) groups is 1.